The highest BCUT2D eigenvalue weighted by Crippen LogP contribution is 2.34. The number of fused-ring (bicyclic) bond motifs is 1. The van der Waals surface area contributed by atoms with Crippen LogP contribution in [0.1, 0.15) is 29.4 Å². The van der Waals surface area contributed by atoms with Gasteiger partial charge in [0.2, 0.25) is 5.88 Å². The number of pyridine rings is 2. The number of halogens is 1. The summed E-state index contributed by atoms with van der Waals surface area (Å²) in [6.45, 7) is 2.47. The van der Waals surface area contributed by atoms with Gasteiger partial charge < -0.3 is 25.5 Å². The number of anilines is 1. The lowest BCUT2D eigenvalue weighted by atomic mass is 9.99. The third-order valence-electron chi connectivity index (χ3n) is 5.46. The fourth-order valence-electron chi connectivity index (χ4n) is 3.73. The van der Waals surface area contributed by atoms with Crippen LogP contribution in [0.15, 0.2) is 59.4 Å². The maximum absolute atomic E-state index is 14.9. The molecule has 35 heavy (non-hydrogen) atoms. The van der Waals surface area contributed by atoms with Gasteiger partial charge in [0.1, 0.15) is 23.7 Å². The van der Waals surface area contributed by atoms with Crippen LogP contribution in [0, 0.1) is 5.82 Å². The number of nitrogens with zero attached hydrogens (tertiary/aromatic N) is 1. The number of carbonyl (C=O) groups excluding carboxylic acids is 1. The van der Waals surface area contributed by atoms with E-state index in [2.05, 4.69) is 15.3 Å². The molecule has 0 radical (unpaired) electrons. The number of hydrogen-bond donors (Lipinski definition) is 3. The van der Waals surface area contributed by atoms with E-state index in [0.717, 1.165) is 0 Å². The number of H-pyrrole nitrogens is 1. The topological polar surface area (TPSA) is 119 Å². The maximum Gasteiger partial charge on any atom is 0.263 e. The SMILES string of the molecule is CCCNC(=O)c1c(N)c2cccc(-c3cc(OCc4cccc(OC)n4)ccc3F)c2[nH]c1=O. The van der Waals surface area contributed by atoms with E-state index in [0.29, 0.717) is 46.8 Å². The Balaban J connectivity index is 1.72. The number of para-hydroxylation sites is 1. The molecule has 9 heteroatoms. The molecule has 4 aromatic rings. The van der Waals surface area contributed by atoms with Crippen molar-refractivity contribution >= 4 is 22.5 Å². The van der Waals surface area contributed by atoms with Crippen molar-refractivity contribution in [2.45, 2.75) is 20.0 Å². The smallest absolute Gasteiger partial charge is 0.263 e. The van der Waals surface area contributed by atoms with Gasteiger partial charge >= 0.3 is 0 Å². The number of nitrogen functional groups attached to an aromatic ring is 1. The van der Waals surface area contributed by atoms with Crippen LogP contribution >= 0.6 is 0 Å². The van der Waals surface area contributed by atoms with Crippen molar-refractivity contribution in [3.63, 3.8) is 0 Å². The van der Waals surface area contributed by atoms with Crippen molar-refractivity contribution in [1.29, 1.82) is 0 Å². The van der Waals surface area contributed by atoms with E-state index in [1.807, 2.05) is 6.92 Å². The molecule has 0 spiro atoms. The van der Waals surface area contributed by atoms with Gasteiger partial charge in [0, 0.05) is 29.1 Å². The monoisotopic (exact) mass is 476 g/mol. The Hall–Kier alpha value is -4.40. The largest absolute Gasteiger partial charge is 0.487 e. The summed E-state index contributed by atoms with van der Waals surface area (Å²) in [5, 5.41) is 3.10. The summed E-state index contributed by atoms with van der Waals surface area (Å²) in [4.78, 5) is 32.3. The Kier molecular flexibility index (Phi) is 6.96. The Morgan fingerprint density at radius 3 is 2.71 bits per heavy atom. The average Bonchev–Trinajstić information content (AvgIpc) is 2.87. The second-order valence-corrected chi connectivity index (χ2v) is 7.83. The van der Waals surface area contributed by atoms with Gasteiger partial charge in [-0.1, -0.05) is 31.2 Å². The van der Waals surface area contributed by atoms with Crippen LogP contribution in [0.25, 0.3) is 22.0 Å². The van der Waals surface area contributed by atoms with Crippen LogP contribution in [0.4, 0.5) is 10.1 Å². The van der Waals surface area contributed by atoms with Crippen LogP contribution in [-0.2, 0) is 6.61 Å². The molecule has 0 aliphatic rings. The van der Waals surface area contributed by atoms with Gasteiger partial charge in [0.15, 0.2) is 0 Å². The second kappa shape index (κ2) is 10.3. The van der Waals surface area contributed by atoms with E-state index in [-0.39, 0.29) is 23.4 Å². The van der Waals surface area contributed by atoms with Gasteiger partial charge in [-0.3, -0.25) is 9.59 Å². The summed E-state index contributed by atoms with van der Waals surface area (Å²) >= 11 is 0. The van der Waals surface area contributed by atoms with Crippen LogP contribution in [0.3, 0.4) is 0 Å². The van der Waals surface area contributed by atoms with E-state index in [1.54, 1.807) is 42.5 Å². The number of nitrogens with two attached hydrogens (primary N) is 1. The molecule has 2 aromatic carbocycles. The van der Waals surface area contributed by atoms with E-state index in [4.69, 9.17) is 15.2 Å². The number of aromatic amines is 1. The van der Waals surface area contributed by atoms with Gasteiger partial charge in [0.05, 0.1) is 24.0 Å². The number of amides is 1. The molecule has 0 atom stereocenters. The molecule has 0 saturated carbocycles. The Morgan fingerprint density at radius 1 is 1.14 bits per heavy atom. The fourth-order valence-corrected chi connectivity index (χ4v) is 3.73. The summed E-state index contributed by atoms with van der Waals surface area (Å²) < 4.78 is 25.9. The zero-order valence-electron chi connectivity index (χ0n) is 19.4. The highest BCUT2D eigenvalue weighted by molar-refractivity contribution is 6.09. The van der Waals surface area contributed by atoms with Gasteiger partial charge in [-0.25, -0.2) is 9.37 Å². The highest BCUT2D eigenvalue weighted by Gasteiger charge is 2.20. The zero-order valence-corrected chi connectivity index (χ0v) is 19.4. The minimum Gasteiger partial charge on any atom is -0.487 e. The summed E-state index contributed by atoms with van der Waals surface area (Å²) in [7, 11) is 1.53. The number of hydrogen-bond acceptors (Lipinski definition) is 6. The van der Waals surface area contributed by atoms with Crippen LogP contribution in [0.2, 0.25) is 0 Å². The van der Waals surface area contributed by atoms with Gasteiger partial charge in [-0.2, -0.15) is 0 Å². The lowest BCUT2D eigenvalue weighted by molar-refractivity contribution is 0.0953. The molecule has 0 aliphatic carbocycles. The first kappa shape index (κ1) is 23.7. The number of rotatable bonds is 8. The Bertz CT molecular complexity index is 1450. The minimum absolute atomic E-state index is 0.0381. The van der Waals surface area contributed by atoms with E-state index in [1.165, 1.54) is 19.2 Å². The van der Waals surface area contributed by atoms with E-state index < -0.39 is 17.3 Å². The molecule has 4 rings (SSSR count). The molecule has 4 N–H and O–H groups in total. The normalized spacial score (nSPS) is 10.8. The van der Waals surface area contributed by atoms with Crippen LogP contribution in [0.5, 0.6) is 11.6 Å². The number of nitrogens with one attached hydrogen (secondary N) is 2. The summed E-state index contributed by atoms with van der Waals surface area (Å²) in [6, 6.07) is 14.7. The standard InChI is InChI=1S/C26H25FN4O4/c1-3-12-29-25(32)22-23(28)18-8-5-7-17(24(18)31-26(22)33)19-13-16(10-11-20(19)27)35-14-15-6-4-9-21(30-15)34-2/h4-11,13H,3,12,14H2,1-2H3,(H,29,32)(H3,28,31,33). The number of benzene rings is 2. The summed E-state index contributed by atoms with van der Waals surface area (Å²) in [6.07, 6.45) is 0.715. The number of carbonyl (C=O) groups is 1. The molecular formula is C26H25FN4O4. The number of ether oxygens (including phenoxy) is 2. The average molecular weight is 477 g/mol. The molecule has 0 fully saturated rings. The van der Waals surface area contributed by atoms with Gasteiger partial charge in [-0.15, -0.1) is 0 Å². The Morgan fingerprint density at radius 2 is 1.94 bits per heavy atom. The van der Waals surface area contributed by atoms with E-state index in [9.17, 15) is 14.0 Å². The van der Waals surface area contributed by atoms with E-state index >= 15 is 0 Å². The zero-order chi connectivity index (χ0) is 24.9. The molecule has 180 valence electrons. The van der Waals surface area contributed by atoms with Crippen LogP contribution < -0.4 is 26.1 Å². The van der Waals surface area contributed by atoms with Crippen molar-refractivity contribution in [2.24, 2.45) is 0 Å². The fraction of sp³-hybridized carbons (Fsp3) is 0.192. The third kappa shape index (κ3) is 4.93. The molecule has 0 aliphatic heterocycles. The predicted molar refractivity (Wildman–Crippen MR) is 132 cm³/mol. The molecule has 0 bridgehead atoms. The first-order chi connectivity index (χ1) is 16.9. The molecule has 2 heterocycles. The Labute approximate surface area is 200 Å². The molecule has 0 saturated heterocycles. The highest BCUT2D eigenvalue weighted by atomic mass is 19.1. The summed E-state index contributed by atoms with van der Waals surface area (Å²) in [5.41, 5.74) is 7.05. The molecular weight excluding hydrogens is 451 g/mol. The third-order valence-corrected chi connectivity index (χ3v) is 5.46. The van der Waals surface area contributed by atoms with Gasteiger partial charge in [-0.05, 0) is 30.7 Å². The molecule has 2 aromatic heterocycles. The number of methoxy groups -OCH3 is 1. The van der Waals surface area contributed by atoms with Gasteiger partial charge in [0.25, 0.3) is 11.5 Å². The predicted octanol–water partition coefficient (Wildman–Crippen LogP) is 4.04. The first-order valence-corrected chi connectivity index (χ1v) is 11.1. The number of aromatic nitrogens is 2. The van der Waals surface area contributed by atoms with Crippen LogP contribution in [-0.4, -0.2) is 29.5 Å². The molecule has 1 amide bonds. The quantitative estimate of drug-likeness (QED) is 0.353. The van der Waals surface area contributed by atoms with Crippen molar-refractivity contribution in [3.05, 3.63) is 82.0 Å². The second-order valence-electron chi connectivity index (χ2n) is 7.83. The van der Waals surface area contributed by atoms with Crippen molar-refractivity contribution < 1.29 is 18.7 Å². The van der Waals surface area contributed by atoms with Crippen molar-refractivity contribution in [2.75, 3.05) is 19.4 Å². The minimum atomic E-state index is -0.645. The van der Waals surface area contributed by atoms with Crippen molar-refractivity contribution in [3.8, 4) is 22.8 Å². The molecule has 0 unspecified atom stereocenters. The molecule has 8 nitrogen and oxygen atoms in total. The summed E-state index contributed by atoms with van der Waals surface area (Å²) in [5.74, 6) is -0.181. The van der Waals surface area contributed by atoms with Crippen molar-refractivity contribution in [1.82, 2.24) is 15.3 Å². The lowest BCUT2D eigenvalue weighted by Gasteiger charge is -2.14. The maximum atomic E-state index is 14.9. The first-order valence-electron chi connectivity index (χ1n) is 11.1. The lowest BCUT2D eigenvalue weighted by Crippen LogP contribution is -2.31.